The highest BCUT2D eigenvalue weighted by Crippen LogP contribution is 2.27. The van der Waals surface area contributed by atoms with Crippen molar-refractivity contribution in [3.63, 3.8) is 0 Å². The average Bonchev–Trinajstić information content (AvgIpc) is 2.01. The minimum atomic E-state index is 0.219. The Morgan fingerprint density at radius 1 is 1.30 bits per heavy atom. The molecule has 0 rings (SSSR count). The molecule has 0 saturated heterocycles. The van der Waals surface area contributed by atoms with Crippen molar-refractivity contribution in [2.24, 2.45) is 5.41 Å². The van der Waals surface area contributed by atoms with Crippen LogP contribution in [0.5, 0.6) is 0 Å². The number of hydrogen-bond acceptors (Lipinski definition) is 1. The van der Waals surface area contributed by atoms with Crippen LogP contribution in [0, 0.1) is 5.41 Å². The van der Waals surface area contributed by atoms with Gasteiger partial charge in [-0.2, -0.15) is 0 Å². The molecule has 0 aliphatic rings. The lowest BCUT2D eigenvalue weighted by Crippen LogP contribution is -2.26. The predicted octanol–water partition coefficient (Wildman–Crippen LogP) is 2.68. The molecular weight excluding hydrogens is 148 g/mol. The average molecular weight is 165 g/mol. The Kier molecular flexibility index (Phi) is 5.10. The zero-order valence-electron chi connectivity index (χ0n) is 7.11. The van der Waals surface area contributed by atoms with E-state index in [0.29, 0.717) is 5.88 Å². The first kappa shape index (κ1) is 10.2. The van der Waals surface area contributed by atoms with E-state index >= 15 is 0 Å². The zero-order valence-corrected chi connectivity index (χ0v) is 7.87. The van der Waals surface area contributed by atoms with Gasteiger partial charge in [-0.05, 0) is 12.8 Å². The topological polar surface area (TPSA) is 9.23 Å². The molecule has 0 aromatic heterocycles. The molecule has 0 aromatic rings. The summed E-state index contributed by atoms with van der Waals surface area (Å²) in [5.41, 5.74) is 0.219. The van der Waals surface area contributed by atoms with Crippen LogP contribution in [0.3, 0.4) is 0 Å². The number of rotatable bonds is 5. The lowest BCUT2D eigenvalue weighted by atomic mass is 9.85. The fraction of sp³-hybridized carbons (Fsp3) is 1.00. The van der Waals surface area contributed by atoms with Crippen LogP contribution in [-0.4, -0.2) is 19.6 Å². The van der Waals surface area contributed by atoms with E-state index in [4.69, 9.17) is 16.3 Å². The van der Waals surface area contributed by atoms with Crippen LogP contribution in [0.15, 0.2) is 0 Å². The molecule has 0 aliphatic heterocycles. The van der Waals surface area contributed by atoms with Gasteiger partial charge in [-0.15, -0.1) is 11.6 Å². The Bertz CT molecular complexity index is 71.1. The van der Waals surface area contributed by atoms with Crippen molar-refractivity contribution in [3.05, 3.63) is 0 Å². The van der Waals surface area contributed by atoms with E-state index in [1.165, 1.54) is 0 Å². The summed E-state index contributed by atoms with van der Waals surface area (Å²) in [5, 5.41) is 0. The van der Waals surface area contributed by atoms with Gasteiger partial charge in [0.2, 0.25) is 0 Å². The maximum absolute atomic E-state index is 5.82. The number of alkyl halides is 1. The molecule has 0 aromatic carbocycles. The summed E-state index contributed by atoms with van der Waals surface area (Å²) in [6, 6.07) is 0. The first-order valence-electron chi connectivity index (χ1n) is 3.79. The molecule has 62 valence electrons. The Hall–Kier alpha value is 0.250. The van der Waals surface area contributed by atoms with Crippen molar-refractivity contribution < 1.29 is 4.74 Å². The van der Waals surface area contributed by atoms with Gasteiger partial charge in [0.05, 0.1) is 6.61 Å². The second kappa shape index (κ2) is 4.97. The molecule has 2 heteroatoms. The minimum Gasteiger partial charge on any atom is -0.384 e. The van der Waals surface area contributed by atoms with Crippen LogP contribution >= 0.6 is 11.6 Å². The molecule has 0 atom stereocenters. The number of ether oxygens (including phenoxy) is 1. The van der Waals surface area contributed by atoms with E-state index in [9.17, 15) is 0 Å². The van der Waals surface area contributed by atoms with Crippen LogP contribution in [0.25, 0.3) is 0 Å². The Balaban J connectivity index is 3.87. The lowest BCUT2D eigenvalue weighted by Gasteiger charge is -2.27. The first-order chi connectivity index (χ1) is 4.74. The normalized spacial score (nSPS) is 12.0. The number of hydrogen-bond donors (Lipinski definition) is 0. The number of methoxy groups -OCH3 is 1. The molecule has 0 spiro atoms. The fourth-order valence-electron chi connectivity index (χ4n) is 0.988. The Morgan fingerprint density at radius 3 is 1.90 bits per heavy atom. The molecule has 1 nitrogen and oxygen atoms in total. The van der Waals surface area contributed by atoms with E-state index in [0.717, 1.165) is 19.4 Å². The highest BCUT2D eigenvalue weighted by atomic mass is 35.5. The van der Waals surface area contributed by atoms with E-state index in [1.54, 1.807) is 7.11 Å². The van der Waals surface area contributed by atoms with Gasteiger partial charge >= 0.3 is 0 Å². The van der Waals surface area contributed by atoms with Gasteiger partial charge in [0.25, 0.3) is 0 Å². The van der Waals surface area contributed by atoms with Crippen LogP contribution < -0.4 is 0 Å². The van der Waals surface area contributed by atoms with Crippen LogP contribution in [0.1, 0.15) is 26.7 Å². The molecule has 0 saturated carbocycles. The summed E-state index contributed by atoms with van der Waals surface area (Å²) in [6.07, 6.45) is 2.20. The van der Waals surface area contributed by atoms with Gasteiger partial charge in [0, 0.05) is 18.4 Å². The molecule has 0 radical (unpaired) electrons. The molecule has 0 unspecified atom stereocenters. The molecule has 0 aliphatic carbocycles. The summed E-state index contributed by atoms with van der Waals surface area (Å²) < 4.78 is 5.10. The fourth-order valence-corrected chi connectivity index (χ4v) is 1.44. The van der Waals surface area contributed by atoms with Gasteiger partial charge < -0.3 is 4.74 Å². The molecule has 0 N–H and O–H groups in total. The maximum atomic E-state index is 5.82. The van der Waals surface area contributed by atoms with E-state index in [1.807, 2.05) is 0 Å². The van der Waals surface area contributed by atoms with E-state index < -0.39 is 0 Å². The lowest BCUT2D eigenvalue weighted by molar-refractivity contribution is 0.0884. The largest absolute Gasteiger partial charge is 0.384 e. The first-order valence-corrected chi connectivity index (χ1v) is 4.33. The highest BCUT2D eigenvalue weighted by molar-refractivity contribution is 6.18. The van der Waals surface area contributed by atoms with Crippen LogP contribution in [0.2, 0.25) is 0 Å². The van der Waals surface area contributed by atoms with Gasteiger partial charge in [-0.25, -0.2) is 0 Å². The van der Waals surface area contributed by atoms with Crippen molar-refractivity contribution in [1.29, 1.82) is 0 Å². The zero-order chi connectivity index (χ0) is 8.04. The SMILES string of the molecule is CCC(CC)(CCl)COC. The van der Waals surface area contributed by atoms with Crippen LogP contribution in [-0.2, 0) is 4.74 Å². The third-order valence-corrected chi connectivity index (χ3v) is 2.80. The van der Waals surface area contributed by atoms with Gasteiger partial charge in [0.1, 0.15) is 0 Å². The van der Waals surface area contributed by atoms with Crippen molar-refractivity contribution in [2.45, 2.75) is 26.7 Å². The van der Waals surface area contributed by atoms with Crippen molar-refractivity contribution >= 4 is 11.6 Å². The van der Waals surface area contributed by atoms with Gasteiger partial charge in [0.15, 0.2) is 0 Å². The standard InChI is InChI=1S/C8H17ClO/c1-4-8(5-2,6-9)7-10-3/h4-7H2,1-3H3. The second-order valence-electron chi connectivity index (χ2n) is 2.77. The second-order valence-corrected chi connectivity index (χ2v) is 3.04. The molecule has 10 heavy (non-hydrogen) atoms. The molecule has 0 heterocycles. The Morgan fingerprint density at radius 2 is 1.80 bits per heavy atom. The summed E-state index contributed by atoms with van der Waals surface area (Å²) in [6.45, 7) is 5.10. The monoisotopic (exact) mass is 164 g/mol. The third kappa shape index (κ3) is 2.47. The van der Waals surface area contributed by atoms with Crippen molar-refractivity contribution in [2.75, 3.05) is 19.6 Å². The summed E-state index contributed by atoms with van der Waals surface area (Å²) in [4.78, 5) is 0. The van der Waals surface area contributed by atoms with E-state index in [-0.39, 0.29) is 5.41 Å². The van der Waals surface area contributed by atoms with Crippen molar-refractivity contribution in [3.8, 4) is 0 Å². The smallest absolute Gasteiger partial charge is 0.0529 e. The maximum Gasteiger partial charge on any atom is 0.0529 e. The highest BCUT2D eigenvalue weighted by Gasteiger charge is 2.24. The van der Waals surface area contributed by atoms with Gasteiger partial charge in [-0.1, -0.05) is 13.8 Å². The predicted molar refractivity (Wildman–Crippen MR) is 45.6 cm³/mol. The van der Waals surface area contributed by atoms with E-state index in [2.05, 4.69) is 13.8 Å². The van der Waals surface area contributed by atoms with Gasteiger partial charge in [-0.3, -0.25) is 0 Å². The molecular formula is C8H17ClO. The summed E-state index contributed by atoms with van der Waals surface area (Å²) in [5.74, 6) is 0.702. The van der Waals surface area contributed by atoms with Crippen LogP contribution in [0.4, 0.5) is 0 Å². The van der Waals surface area contributed by atoms with Crippen molar-refractivity contribution in [1.82, 2.24) is 0 Å². The molecule has 0 amide bonds. The quantitative estimate of drug-likeness (QED) is 0.568. The molecule has 0 fully saturated rings. The Labute approximate surface area is 68.7 Å². The summed E-state index contributed by atoms with van der Waals surface area (Å²) >= 11 is 5.82. The third-order valence-electron chi connectivity index (χ3n) is 2.23. The summed E-state index contributed by atoms with van der Waals surface area (Å²) in [7, 11) is 1.73. The minimum absolute atomic E-state index is 0.219. The molecule has 0 bridgehead atoms. The number of halogens is 1.